The topological polar surface area (TPSA) is 56.5 Å². The standard InChI is InChI=1S/C8H15ClN2O2/c1-13-5-3-11(2-4-12)7-8(9)6-10/h8,12H,2-5,7H2,1H3. The molecule has 0 spiro atoms. The first kappa shape index (κ1) is 12.7. The van der Waals surface area contributed by atoms with Crippen LogP contribution in [0.25, 0.3) is 0 Å². The van der Waals surface area contributed by atoms with Crippen molar-refractivity contribution in [2.45, 2.75) is 5.38 Å². The van der Waals surface area contributed by atoms with Crippen molar-refractivity contribution in [2.75, 3.05) is 40.0 Å². The van der Waals surface area contributed by atoms with Gasteiger partial charge in [-0.3, -0.25) is 4.90 Å². The van der Waals surface area contributed by atoms with E-state index in [0.717, 1.165) is 0 Å². The summed E-state index contributed by atoms with van der Waals surface area (Å²) in [5, 5.41) is 16.7. The van der Waals surface area contributed by atoms with Crippen LogP contribution in [0.5, 0.6) is 0 Å². The molecule has 4 nitrogen and oxygen atoms in total. The van der Waals surface area contributed by atoms with Crippen molar-refractivity contribution in [3.8, 4) is 6.07 Å². The Morgan fingerprint density at radius 2 is 2.31 bits per heavy atom. The highest BCUT2D eigenvalue weighted by molar-refractivity contribution is 6.22. The molecule has 0 fully saturated rings. The van der Waals surface area contributed by atoms with Gasteiger partial charge in [-0.1, -0.05) is 0 Å². The van der Waals surface area contributed by atoms with Gasteiger partial charge in [0.25, 0.3) is 0 Å². The lowest BCUT2D eigenvalue weighted by Crippen LogP contribution is -2.34. The van der Waals surface area contributed by atoms with Crippen LogP contribution in [-0.2, 0) is 4.74 Å². The summed E-state index contributed by atoms with van der Waals surface area (Å²) in [6, 6.07) is 1.93. The van der Waals surface area contributed by atoms with Crippen LogP contribution < -0.4 is 0 Å². The maximum absolute atomic E-state index is 8.71. The molecule has 0 rings (SSSR count). The minimum atomic E-state index is -0.525. The van der Waals surface area contributed by atoms with E-state index < -0.39 is 5.38 Å². The molecule has 1 unspecified atom stereocenters. The van der Waals surface area contributed by atoms with Gasteiger partial charge in [0.05, 0.1) is 19.3 Å². The average molecular weight is 207 g/mol. The number of methoxy groups -OCH3 is 1. The number of hydrogen-bond acceptors (Lipinski definition) is 4. The van der Waals surface area contributed by atoms with Crippen molar-refractivity contribution in [3.63, 3.8) is 0 Å². The third kappa shape index (κ3) is 6.79. The normalized spacial score (nSPS) is 12.8. The Morgan fingerprint density at radius 1 is 1.62 bits per heavy atom. The van der Waals surface area contributed by atoms with E-state index in [1.807, 2.05) is 11.0 Å². The molecule has 0 bridgehead atoms. The fourth-order valence-corrected chi connectivity index (χ4v) is 1.12. The Labute approximate surface area is 83.7 Å². The second kappa shape index (κ2) is 8.27. The molecular weight excluding hydrogens is 192 g/mol. The molecule has 0 radical (unpaired) electrons. The summed E-state index contributed by atoms with van der Waals surface area (Å²) < 4.78 is 4.88. The van der Waals surface area contributed by atoms with E-state index in [4.69, 9.17) is 26.7 Å². The number of ether oxygens (including phenoxy) is 1. The van der Waals surface area contributed by atoms with E-state index in [-0.39, 0.29) is 6.61 Å². The predicted octanol–water partition coefficient (Wildman–Crippen LogP) is 0.0581. The number of halogens is 1. The van der Waals surface area contributed by atoms with Gasteiger partial charge < -0.3 is 9.84 Å². The number of alkyl halides is 1. The van der Waals surface area contributed by atoms with E-state index in [2.05, 4.69) is 0 Å². The number of aliphatic hydroxyl groups excluding tert-OH is 1. The molecule has 0 aromatic rings. The van der Waals surface area contributed by atoms with Gasteiger partial charge in [0.2, 0.25) is 0 Å². The molecule has 76 valence electrons. The maximum Gasteiger partial charge on any atom is 0.133 e. The Balaban J connectivity index is 3.73. The van der Waals surface area contributed by atoms with Gasteiger partial charge in [-0.25, -0.2) is 0 Å². The first-order valence-electron chi connectivity index (χ1n) is 4.10. The summed E-state index contributed by atoms with van der Waals surface area (Å²) in [5.74, 6) is 0. The highest BCUT2D eigenvalue weighted by Gasteiger charge is 2.09. The van der Waals surface area contributed by atoms with Crippen LogP contribution in [0.2, 0.25) is 0 Å². The third-order valence-corrected chi connectivity index (χ3v) is 1.82. The first-order chi connectivity index (χ1) is 6.24. The molecule has 0 aromatic heterocycles. The van der Waals surface area contributed by atoms with E-state index in [1.165, 1.54) is 0 Å². The van der Waals surface area contributed by atoms with Crippen LogP contribution in [0.15, 0.2) is 0 Å². The molecule has 0 aliphatic rings. The zero-order valence-corrected chi connectivity index (χ0v) is 8.50. The fourth-order valence-electron chi connectivity index (χ4n) is 0.924. The minimum Gasteiger partial charge on any atom is -0.395 e. The zero-order chi connectivity index (χ0) is 10.1. The lowest BCUT2D eigenvalue weighted by atomic mass is 10.4. The second-order valence-corrected chi connectivity index (χ2v) is 3.14. The summed E-state index contributed by atoms with van der Waals surface area (Å²) in [7, 11) is 1.61. The van der Waals surface area contributed by atoms with Gasteiger partial charge in [0.15, 0.2) is 0 Å². The van der Waals surface area contributed by atoms with Gasteiger partial charge in [-0.2, -0.15) is 5.26 Å². The second-order valence-electron chi connectivity index (χ2n) is 2.61. The number of rotatable bonds is 7. The molecule has 0 saturated heterocycles. The van der Waals surface area contributed by atoms with Gasteiger partial charge >= 0.3 is 0 Å². The molecule has 0 aliphatic carbocycles. The lowest BCUT2D eigenvalue weighted by Gasteiger charge is -2.20. The van der Waals surface area contributed by atoms with E-state index in [9.17, 15) is 0 Å². The van der Waals surface area contributed by atoms with Crippen molar-refractivity contribution >= 4 is 11.6 Å². The summed E-state index contributed by atoms with van der Waals surface area (Å²) in [5.41, 5.74) is 0. The van der Waals surface area contributed by atoms with Crippen LogP contribution in [0, 0.1) is 11.3 Å². The van der Waals surface area contributed by atoms with Gasteiger partial charge in [-0.05, 0) is 0 Å². The van der Waals surface area contributed by atoms with Gasteiger partial charge in [-0.15, -0.1) is 11.6 Å². The predicted molar refractivity (Wildman–Crippen MR) is 50.7 cm³/mol. The smallest absolute Gasteiger partial charge is 0.133 e. The molecule has 5 heteroatoms. The van der Waals surface area contributed by atoms with Crippen LogP contribution in [0.4, 0.5) is 0 Å². The van der Waals surface area contributed by atoms with E-state index in [1.54, 1.807) is 7.11 Å². The molecule has 0 saturated carbocycles. The van der Waals surface area contributed by atoms with Crippen LogP contribution in [0.1, 0.15) is 0 Å². The Morgan fingerprint density at radius 3 is 2.77 bits per heavy atom. The van der Waals surface area contributed by atoms with Crippen LogP contribution in [0.3, 0.4) is 0 Å². The van der Waals surface area contributed by atoms with Crippen LogP contribution >= 0.6 is 11.6 Å². The monoisotopic (exact) mass is 206 g/mol. The Bertz CT molecular complexity index is 161. The van der Waals surface area contributed by atoms with E-state index in [0.29, 0.717) is 26.2 Å². The molecular formula is C8H15ClN2O2. The van der Waals surface area contributed by atoms with Gasteiger partial charge in [0.1, 0.15) is 5.38 Å². The molecule has 13 heavy (non-hydrogen) atoms. The van der Waals surface area contributed by atoms with Crippen molar-refractivity contribution in [1.29, 1.82) is 5.26 Å². The largest absolute Gasteiger partial charge is 0.395 e. The summed E-state index contributed by atoms with van der Waals surface area (Å²) in [4.78, 5) is 1.89. The quantitative estimate of drug-likeness (QED) is 0.599. The van der Waals surface area contributed by atoms with Gasteiger partial charge in [0, 0.05) is 26.7 Å². The Hall–Kier alpha value is -0.340. The fraction of sp³-hybridized carbons (Fsp3) is 0.875. The maximum atomic E-state index is 8.71. The van der Waals surface area contributed by atoms with Crippen LogP contribution in [-0.4, -0.2) is 55.3 Å². The SMILES string of the molecule is COCCN(CCO)CC(Cl)C#N. The zero-order valence-electron chi connectivity index (χ0n) is 7.74. The third-order valence-electron chi connectivity index (χ3n) is 1.59. The van der Waals surface area contributed by atoms with Crippen molar-refractivity contribution < 1.29 is 9.84 Å². The molecule has 0 aromatic carbocycles. The molecule has 0 heterocycles. The summed E-state index contributed by atoms with van der Waals surface area (Å²) in [6.45, 7) is 2.31. The highest BCUT2D eigenvalue weighted by Crippen LogP contribution is 1.98. The van der Waals surface area contributed by atoms with Crippen molar-refractivity contribution in [1.82, 2.24) is 4.90 Å². The number of hydrogen-bond donors (Lipinski definition) is 1. The van der Waals surface area contributed by atoms with Crippen molar-refractivity contribution in [2.24, 2.45) is 0 Å². The minimum absolute atomic E-state index is 0.0682. The highest BCUT2D eigenvalue weighted by atomic mass is 35.5. The summed E-state index contributed by atoms with van der Waals surface area (Å²) in [6.07, 6.45) is 0. The lowest BCUT2D eigenvalue weighted by molar-refractivity contribution is 0.133. The summed E-state index contributed by atoms with van der Waals surface area (Å²) >= 11 is 5.65. The number of aliphatic hydroxyl groups is 1. The number of nitrogens with zero attached hydrogens (tertiary/aromatic N) is 2. The molecule has 1 atom stereocenters. The number of nitriles is 1. The molecule has 1 N–H and O–H groups in total. The van der Waals surface area contributed by atoms with E-state index >= 15 is 0 Å². The average Bonchev–Trinajstić information content (AvgIpc) is 2.14. The Kier molecular flexibility index (Phi) is 8.05. The molecule has 0 aliphatic heterocycles. The molecule has 0 amide bonds. The van der Waals surface area contributed by atoms with Crippen molar-refractivity contribution in [3.05, 3.63) is 0 Å². The first-order valence-corrected chi connectivity index (χ1v) is 4.54.